The maximum Gasteiger partial charge on any atom is 0.224 e. The highest BCUT2D eigenvalue weighted by Crippen LogP contribution is 2.06. The van der Waals surface area contributed by atoms with Crippen LogP contribution >= 0.6 is 0 Å². The maximum atomic E-state index is 12.0. The molecule has 1 aromatic carbocycles. The first-order valence-corrected chi connectivity index (χ1v) is 8.15. The number of carbonyl (C=O) groups excluding carboxylic acids is 1. The van der Waals surface area contributed by atoms with E-state index in [0.29, 0.717) is 6.54 Å². The summed E-state index contributed by atoms with van der Waals surface area (Å²) in [6.45, 7) is 5.01. The molecule has 2 aromatic rings. The predicted molar refractivity (Wildman–Crippen MR) is 91.7 cm³/mol. The molecule has 5 heteroatoms. The van der Waals surface area contributed by atoms with Crippen molar-refractivity contribution in [1.29, 1.82) is 0 Å². The predicted octanol–water partition coefficient (Wildman–Crippen LogP) is 2.12. The van der Waals surface area contributed by atoms with Crippen molar-refractivity contribution < 1.29 is 4.79 Å². The summed E-state index contributed by atoms with van der Waals surface area (Å²) in [7, 11) is 0. The fourth-order valence-electron chi connectivity index (χ4n) is 2.37. The van der Waals surface area contributed by atoms with Crippen LogP contribution in [0.1, 0.15) is 31.7 Å². The number of amides is 1. The van der Waals surface area contributed by atoms with Gasteiger partial charge in [-0.15, -0.1) is 0 Å². The molecule has 23 heavy (non-hydrogen) atoms. The monoisotopic (exact) mass is 314 g/mol. The van der Waals surface area contributed by atoms with E-state index in [1.54, 1.807) is 6.20 Å². The van der Waals surface area contributed by atoms with Crippen molar-refractivity contribution >= 4 is 5.91 Å². The number of imidazole rings is 1. The van der Waals surface area contributed by atoms with Crippen molar-refractivity contribution in [2.24, 2.45) is 11.7 Å². The van der Waals surface area contributed by atoms with Crippen molar-refractivity contribution in [2.45, 2.75) is 45.8 Å². The molecule has 1 amide bonds. The van der Waals surface area contributed by atoms with Gasteiger partial charge in [0.1, 0.15) is 5.82 Å². The molecule has 3 N–H and O–H groups in total. The summed E-state index contributed by atoms with van der Waals surface area (Å²) in [4.78, 5) is 16.3. The van der Waals surface area contributed by atoms with Gasteiger partial charge in [0.25, 0.3) is 0 Å². The number of hydrogen-bond donors (Lipinski definition) is 2. The zero-order valence-corrected chi connectivity index (χ0v) is 13.9. The fraction of sp³-hybridized carbons (Fsp3) is 0.444. The SMILES string of the molecule is CC(N)C(C)C(=O)NCc1nccn1CCCc1ccccc1. The first-order valence-electron chi connectivity index (χ1n) is 8.15. The Morgan fingerprint density at radius 3 is 2.74 bits per heavy atom. The van der Waals surface area contributed by atoms with Crippen molar-refractivity contribution in [2.75, 3.05) is 0 Å². The lowest BCUT2D eigenvalue weighted by Gasteiger charge is -2.15. The molecule has 1 aromatic heterocycles. The molecular formula is C18H26N4O. The number of nitrogens with zero attached hydrogens (tertiary/aromatic N) is 2. The Hall–Kier alpha value is -2.14. The van der Waals surface area contributed by atoms with Crippen LogP contribution in [0, 0.1) is 5.92 Å². The number of carbonyl (C=O) groups is 1. The first-order chi connectivity index (χ1) is 11.1. The lowest BCUT2D eigenvalue weighted by Crippen LogP contribution is -2.38. The average molecular weight is 314 g/mol. The average Bonchev–Trinajstić information content (AvgIpc) is 3.00. The highest BCUT2D eigenvalue weighted by atomic mass is 16.1. The number of benzene rings is 1. The molecule has 0 bridgehead atoms. The Morgan fingerprint density at radius 1 is 1.30 bits per heavy atom. The zero-order valence-electron chi connectivity index (χ0n) is 13.9. The van der Waals surface area contributed by atoms with Gasteiger partial charge in [0.15, 0.2) is 0 Å². The Labute approximate surface area is 137 Å². The normalized spacial score (nSPS) is 13.5. The second kappa shape index (κ2) is 8.48. The molecule has 2 rings (SSSR count). The lowest BCUT2D eigenvalue weighted by atomic mass is 10.0. The van der Waals surface area contributed by atoms with Crippen molar-refractivity contribution in [3.05, 3.63) is 54.1 Å². The molecule has 0 radical (unpaired) electrons. The van der Waals surface area contributed by atoms with Crippen LogP contribution in [-0.4, -0.2) is 21.5 Å². The second-order valence-electron chi connectivity index (χ2n) is 5.99. The Kier molecular flexibility index (Phi) is 6.35. The highest BCUT2D eigenvalue weighted by Gasteiger charge is 2.17. The molecule has 0 aliphatic carbocycles. The molecule has 0 fully saturated rings. The van der Waals surface area contributed by atoms with E-state index in [1.165, 1.54) is 5.56 Å². The first kappa shape index (κ1) is 17.2. The van der Waals surface area contributed by atoms with Crippen LogP contribution in [0.4, 0.5) is 0 Å². The second-order valence-corrected chi connectivity index (χ2v) is 5.99. The summed E-state index contributed by atoms with van der Waals surface area (Å²) in [6, 6.07) is 10.3. The van der Waals surface area contributed by atoms with Gasteiger partial charge in [-0.05, 0) is 25.3 Å². The van der Waals surface area contributed by atoms with Gasteiger partial charge >= 0.3 is 0 Å². The molecule has 0 aliphatic rings. The van der Waals surface area contributed by atoms with Crippen LogP contribution in [0.3, 0.4) is 0 Å². The molecular weight excluding hydrogens is 288 g/mol. The smallest absolute Gasteiger partial charge is 0.224 e. The van der Waals surface area contributed by atoms with Crippen LogP contribution in [0.5, 0.6) is 0 Å². The molecule has 124 valence electrons. The van der Waals surface area contributed by atoms with Crippen LogP contribution in [0.15, 0.2) is 42.7 Å². The fourth-order valence-corrected chi connectivity index (χ4v) is 2.37. The summed E-state index contributed by atoms with van der Waals surface area (Å²) >= 11 is 0. The van der Waals surface area contributed by atoms with Gasteiger partial charge in [-0.3, -0.25) is 4.79 Å². The lowest BCUT2D eigenvalue weighted by molar-refractivity contribution is -0.125. The molecule has 2 atom stereocenters. The molecule has 0 aliphatic heterocycles. The number of nitrogens with two attached hydrogens (primary N) is 1. The number of hydrogen-bond acceptors (Lipinski definition) is 3. The minimum Gasteiger partial charge on any atom is -0.349 e. The zero-order chi connectivity index (χ0) is 16.7. The third kappa shape index (κ3) is 5.21. The minimum absolute atomic E-state index is 0.0289. The van der Waals surface area contributed by atoms with Crippen LogP contribution in [-0.2, 0) is 24.3 Å². The van der Waals surface area contributed by atoms with Crippen LogP contribution in [0.2, 0.25) is 0 Å². The highest BCUT2D eigenvalue weighted by molar-refractivity contribution is 5.78. The largest absolute Gasteiger partial charge is 0.349 e. The summed E-state index contributed by atoms with van der Waals surface area (Å²) in [5.41, 5.74) is 7.10. The summed E-state index contributed by atoms with van der Waals surface area (Å²) in [5.74, 6) is 0.651. The summed E-state index contributed by atoms with van der Waals surface area (Å²) < 4.78 is 2.10. The standard InChI is InChI=1S/C18H26N4O/c1-14(15(2)19)18(23)21-13-17-20-10-12-22(17)11-6-9-16-7-4-3-5-8-16/h3-5,7-8,10,12,14-15H,6,9,11,13,19H2,1-2H3,(H,21,23). The van der Waals surface area contributed by atoms with Crippen LogP contribution in [0.25, 0.3) is 0 Å². The van der Waals surface area contributed by atoms with Crippen molar-refractivity contribution in [3.8, 4) is 0 Å². The van der Waals surface area contributed by atoms with Crippen molar-refractivity contribution in [1.82, 2.24) is 14.9 Å². The van der Waals surface area contributed by atoms with Gasteiger partial charge in [0, 0.05) is 30.9 Å². The molecule has 0 spiro atoms. The number of nitrogens with one attached hydrogen (secondary N) is 1. The Morgan fingerprint density at radius 2 is 2.04 bits per heavy atom. The van der Waals surface area contributed by atoms with E-state index in [4.69, 9.17) is 5.73 Å². The van der Waals surface area contributed by atoms with Gasteiger partial charge in [-0.2, -0.15) is 0 Å². The molecule has 2 unspecified atom stereocenters. The minimum atomic E-state index is -0.198. The third-order valence-electron chi connectivity index (χ3n) is 4.13. The number of aryl methyl sites for hydroxylation is 2. The number of rotatable bonds is 8. The Bertz CT molecular complexity index is 606. The van der Waals surface area contributed by atoms with Gasteiger partial charge in [0.2, 0.25) is 5.91 Å². The summed E-state index contributed by atoms with van der Waals surface area (Å²) in [5, 5.41) is 2.91. The van der Waals surface area contributed by atoms with Gasteiger partial charge in [-0.1, -0.05) is 37.3 Å². The summed E-state index contributed by atoms with van der Waals surface area (Å²) in [6.07, 6.45) is 5.81. The van der Waals surface area contributed by atoms with E-state index < -0.39 is 0 Å². The number of aromatic nitrogens is 2. The van der Waals surface area contributed by atoms with Crippen molar-refractivity contribution in [3.63, 3.8) is 0 Å². The van der Waals surface area contributed by atoms with Crippen LogP contribution < -0.4 is 11.1 Å². The van der Waals surface area contributed by atoms with Gasteiger partial charge < -0.3 is 15.6 Å². The van der Waals surface area contributed by atoms with E-state index >= 15 is 0 Å². The van der Waals surface area contributed by atoms with E-state index in [-0.39, 0.29) is 17.9 Å². The van der Waals surface area contributed by atoms with E-state index in [0.717, 1.165) is 25.2 Å². The molecule has 1 heterocycles. The topological polar surface area (TPSA) is 72.9 Å². The van der Waals surface area contributed by atoms with E-state index in [2.05, 4.69) is 39.1 Å². The quantitative estimate of drug-likeness (QED) is 0.784. The third-order valence-corrected chi connectivity index (χ3v) is 4.13. The maximum absolute atomic E-state index is 12.0. The van der Waals surface area contributed by atoms with Gasteiger partial charge in [0.05, 0.1) is 6.54 Å². The molecule has 0 saturated heterocycles. The molecule has 0 saturated carbocycles. The van der Waals surface area contributed by atoms with E-state index in [9.17, 15) is 4.79 Å². The van der Waals surface area contributed by atoms with Gasteiger partial charge in [-0.25, -0.2) is 4.98 Å². The van der Waals surface area contributed by atoms with E-state index in [1.807, 2.05) is 26.1 Å². The Balaban J connectivity index is 1.81. The molecule has 5 nitrogen and oxygen atoms in total.